The van der Waals surface area contributed by atoms with Crippen LogP contribution in [0.1, 0.15) is 49.7 Å². The number of guanidine groups is 1. The Bertz CT molecular complexity index is 1340. The number of thioether (sulfide) groups is 1. The lowest BCUT2D eigenvalue weighted by Crippen LogP contribution is -2.58. The molecule has 49 heavy (non-hydrogen) atoms. The van der Waals surface area contributed by atoms with Crippen molar-refractivity contribution in [1.29, 1.82) is 0 Å². The molecule has 4 amide bonds. The average Bonchev–Trinajstić information content (AvgIpc) is 3.39. The van der Waals surface area contributed by atoms with Crippen LogP contribution >= 0.6 is 11.8 Å². The summed E-state index contributed by atoms with van der Waals surface area (Å²) in [5.74, 6) is 0.0789. The van der Waals surface area contributed by atoms with Crippen LogP contribution in [0, 0.1) is 0 Å². The summed E-state index contributed by atoms with van der Waals surface area (Å²) in [6, 6.07) is 15.0. The second-order valence-electron chi connectivity index (χ2n) is 12.2. The van der Waals surface area contributed by atoms with Crippen LogP contribution in [-0.4, -0.2) is 96.3 Å². The van der Waals surface area contributed by atoms with Crippen LogP contribution < -0.4 is 38.9 Å². The quantitative estimate of drug-likeness (QED) is 0.0613. The Morgan fingerprint density at radius 1 is 0.735 bits per heavy atom. The van der Waals surface area contributed by atoms with Gasteiger partial charge in [0.15, 0.2) is 5.96 Å². The Kier molecular flexibility index (Phi) is 17.4. The van der Waals surface area contributed by atoms with Crippen molar-refractivity contribution < 1.29 is 19.2 Å². The summed E-state index contributed by atoms with van der Waals surface area (Å²) >= 11 is 1.80. The van der Waals surface area contributed by atoms with E-state index in [2.05, 4.69) is 20.9 Å². The number of unbranched alkanes of at least 4 members (excludes halogenated alkanes) is 1. The van der Waals surface area contributed by atoms with Gasteiger partial charge < -0.3 is 43.8 Å². The summed E-state index contributed by atoms with van der Waals surface area (Å²) in [5.41, 5.74) is 24.7. The van der Waals surface area contributed by atoms with Crippen molar-refractivity contribution >= 4 is 41.4 Å². The molecule has 3 rings (SSSR count). The maximum atomic E-state index is 13.9. The smallest absolute Gasteiger partial charge is 0.245 e. The summed E-state index contributed by atoms with van der Waals surface area (Å²) in [6.45, 7) is 1.93. The first kappa shape index (κ1) is 39.3. The van der Waals surface area contributed by atoms with Crippen LogP contribution in [0.4, 0.5) is 0 Å². The Hall–Kier alpha value is -4.14. The Labute approximate surface area is 293 Å². The summed E-state index contributed by atoms with van der Waals surface area (Å²) in [6.07, 6.45) is 3.65. The van der Waals surface area contributed by atoms with E-state index in [1.807, 2.05) is 60.7 Å². The molecule has 0 aromatic heterocycles. The highest BCUT2D eigenvalue weighted by atomic mass is 32.2. The van der Waals surface area contributed by atoms with Crippen LogP contribution in [-0.2, 0) is 32.0 Å². The molecule has 268 valence electrons. The lowest BCUT2D eigenvalue weighted by atomic mass is 10.0. The molecule has 1 fully saturated rings. The summed E-state index contributed by atoms with van der Waals surface area (Å²) in [4.78, 5) is 60.6. The fourth-order valence-corrected chi connectivity index (χ4v) is 6.44. The number of nitrogens with two attached hydrogens (primary N) is 4. The van der Waals surface area contributed by atoms with Crippen molar-refractivity contribution in [3.8, 4) is 0 Å². The number of rotatable bonds is 19. The third kappa shape index (κ3) is 14.5. The molecule has 0 spiro atoms. The van der Waals surface area contributed by atoms with E-state index in [1.54, 1.807) is 16.7 Å². The van der Waals surface area contributed by atoms with E-state index in [1.165, 1.54) is 0 Å². The summed E-state index contributed by atoms with van der Waals surface area (Å²) in [5, 5.41) is 8.63. The highest BCUT2D eigenvalue weighted by Gasteiger charge is 2.32. The van der Waals surface area contributed by atoms with Crippen LogP contribution in [0.25, 0.3) is 0 Å². The van der Waals surface area contributed by atoms with Gasteiger partial charge in [-0.2, -0.15) is 11.8 Å². The fraction of sp³-hybridized carbons (Fsp3) is 0.514. The van der Waals surface area contributed by atoms with Gasteiger partial charge in [-0.1, -0.05) is 60.7 Å². The Morgan fingerprint density at radius 2 is 1.33 bits per heavy atom. The number of hydrogen-bond donors (Lipinski definition) is 7. The highest BCUT2D eigenvalue weighted by molar-refractivity contribution is 7.99. The lowest BCUT2D eigenvalue weighted by Gasteiger charge is -2.29. The van der Waals surface area contributed by atoms with Crippen LogP contribution in [0.2, 0.25) is 0 Å². The van der Waals surface area contributed by atoms with Gasteiger partial charge in [-0.15, -0.1) is 0 Å². The van der Waals surface area contributed by atoms with Gasteiger partial charge in [-0.25, -0.2) is 0 Å². The second-order valence-corrected chi connectivity index (χ2v) is 13.4. The molecular formula is C35H53N9O4S. The minimum atomic E-state index is -1.01. The SMILES string of the molecule is NCCCC[C@@H](NC(=O)[C@@H](Cc1ccccc1)NC(=O)[C@H](N)Cc1ccccc1)C(=O)N[C@H](CCCN=C(N)N)C(=O)N1CCCSCC1. The molecule has 0 bridgehead atoms. The minimum absolute atomic E-state index is 0.0442. The predicted molar refractivity (Wildman–Crippen MR) is 195 cm³/mol. The minimum Gasteiger partial charge on any atom is -0.370 e. The van der Waals surface area contributed by atoms with Crippen molar-refractivity contribution in [3.63, 3.8) is 0 Å². The number of nitrogens with one attached hydrogen (secondary N) is 3. The number of benzene rings is 2. The fourth-order valence-electron chi connectivity index (χ4n) is 5.55. The van der Waals surface area contributed by atoms with Crippen molar-refractivity contribution in [2.24, 2.45) is 27.9 Å². The first-order valence-electron chi connectivity index (χ1n) is 17.0. The topological polar surface area (TPSA) is 224 Å². The molecule has 4 atom stereocenters. The molecule has 0 aliphatic carbocycles. The van der Waals surface area contributed by atoms with Gasteiger partial charge >= 0.3 is 0 Å². The van der Waals surface area contributed by atoms with E-state index in [0.29, 0.717) is 64.7 Å². The van der Waals surface area contributed by atoms with E-state index in [4.69, 9.17) is 22.9 Å². The maximum absolute atomic E-state index is 13.9. The molecule has 14 heteroatoms. The average molecular weight is 696 g/mol. The van der Waals surface area contributed by atoms with E-state index >= 15 is 0 Å². The molecule has 1 saturated heterocycles. The van der Waals surface area contributed by atoms with Crippen LogP contribution in [0.15, 0.2) is 65.7 Å². The van der Waals surface area contributed by atoms with Crippen molar-refractivity contribution in [1.82, 2.24) is 20.9 Å². The third-order valence-corrected chi connectivity index (χ3v) is 9.27. The number of hydrogen-bond acceptors (Lipinski definition) is 8. The van der Waals surface area contributed by atoms with Crippen molar-refractivity contribution in [3.05, 3.63) is 71.8 Å². The lowest BCUT2D eigenvalue weighted by molar-refractivity contribution is -0.137. The molecule has 2 aromatic carbocycles. The van der Waals surface area contributed by atoms with Gasteiger partial charge in [0.1, 0.15) is 18.1 Å². The van der Waals surface area contributed by atoms with Gasteiger partial charge in [0.2, 0.25) is 23.6 Å². The first-order chi connectivity index (χ1) is 23.7. The third-order valence-electron chi connectivity index (χ3n) is 8.22. The number of aliphatic imine (C=N–C) groups is 1. The summed E-state index contributed by atoms with van der Waals surface area (Å²) in [7, 11) is 0. The molecule has 0 saturated carbocycles. The molecule has 0 radical (unpaired) electrons. The normalized spacial score (nSPS) is 15.5. The molecule has 13 nitrogen and oxygen atoms in total. The monoisotopic (exact) mass is 695 g/mol. The van der Waals surface area contributed by atoms with Crippen LogP contribution in [0.3, 0.4) is 0 Å². The van der Waals surface area contributed by atoms with Gasteiger partial charge in [0.25, 0.3) is 0 Å². The van der Waals surface area contributed by atoms with Gasteiger partial charge in [0, 0.05) is 31.8 Å². The second kappa shape index (κ2) is 21.8. The predicted octanol–water partition coefficient (Wildman–Crippen LogP) is 0.402. The van der Waals surface area contributed by atoms with Crippen molar-refractivity contribution in [2.75, 3.05) is 37.7 Å². The number of amides is 4. The Morgan fingerprint density at radius 3 is 1.98 bits per heavy atom. The molecule has 2 aromatic rings. The van der Waals surface area contributed by atoms with Crippen LogP contribution in [0.5, 0.6) is 0 Å². The summed E-state index contributed by atoms with van der Waals surface area (Å²) < 4.78 is 0. The van der Waals surface area contributed by atoms with Crippen molar-refractivity contribution in [2.45, 2.75) is 75.5 Å². The molecule has 1 aliphatic heterocycles. The number of carbonyl (C=O) groups is 4. The first-order valence-corrected chi connectivity index (χ1v) is 18.2. The molecular weight excluding hydrogens is 643 g/mol. The zero-order valence-corrected chi connectivity index (χ0v) is 29.0. The number of carbonyl (C=O) groups excluding carboxylic acids is 4. The van der Waals surface area contributed by atoms with E-state index in [9.17, 15) is 19.2 Å². The molecule has 1 aliphatic rings. The molecule has 0 unspecified atom stereocenters. The number of nitrogens with zero attached hydrogens (tertiary/aromatic N) is 2. The largest absolute Gasteiger partial charge is 0.370 e. The standard InChI is InChI=1S/C35H53N9O4S/c36-17-8-7-15-28(32(46)42-29(16-9-18-40-35(38)39)34(48)44-19-10-21-49-22-20-44)41-33(47)30(24-26-13-5-2-6-14-26)43-31(45)27(37)23-25-11-3-1-4-12-25/h1-6,11-14,27-30H,7-10,15-24,36-37H2,(H,41,47)(H,42,46)(H,43,45)(H4,38,39,40)/t27-,28-,29-,30-/m1/s1. The van der Waals surface area contributed by atoms with E-state index < -0.39 is 41.9 Å². The molecule has 1 heterocycles. The van der Waals surface area contributed by atoms with E-state index in [-0.39, 0.29) is 18.3 Å². The highest BCUT2D eigenvalue weighted by Crippen LogP contribution is 2.14. The molecule has 11 N–H and O–H groups in total. The van der Waals surface area contributed by atoms with Gasteiger partial charge in [-0.05, 0) is 68.4 Å². The van der Waals surface area contributed by atoms with Gasteiger partial charge in [-0.3, -0.25) is 24.2 Å². The zero-order valence-electron chi connectivity index (χ0n) is 28.2. The Balaban J connectivity index is 1.78. The van der Waals surface area contributed by atoms with Gasteiger partial charge in [0.05, 0.1) is 6.04 Å². The van der Waals surface area contributed by atoms with E-state index in [0.717, 1.165) is 29.1 Å². The maximum Gasteiger partial charge on any atom is 0.245 e. The zero-order chi connectivity index (χ0) is 35.4.